The highest BCUT2D eigenvalue weighted by Gasteiger charge is 2.52. The molecule has 0 aliphatic heterocycles. The van der Waals surface area contributed by atoms with Crippen LogP contribution in [0.2, 0.25) is 32.7 Å². The summed E-state index contributed by atoms with van der Waals surface area (Å²) in [5.41, 5.74) is 0. The zero-order valence-electron chi connectivity index (χ0n) is 18.0. The molecule has 6 heteroatoms. The van der Waals surface area contributed by atoms with Crippen LogP contribution in [0.4, 0.5) is 0 Å². The van der Waals surface area contributed by atoms with Crippen LogP contribution in [0.3, 0.4) is 0 Å². The fourth-order valence-corrected chi connectivity index (χ4v) is 10.3. The van der Waals surface area contributed by atoms with Crippen molar-refractivity contribution in [2.45, 2.75) is 90.1 Å². The predicted molar refractivity (Wildman–Crippen MR) is 111 cm³/mol. The molecule has 148 valence electrons. The van der Waals surface area contributed by atoms with Gasteiger partial charge in [0.25, 0.3) is 0 Å². The molecule has 0 saturated heterocycles. The van der Waals surface area contributed by atoms with Gasteiger partial charge in [0.15, 0.2) is 0 Å². The van der Waals surface area contributed by atoms with E-state index < -0.39 is 22.4 Å². The van der Waals surface area contributed by atoms with Crippen molar-refractivity contribution in [3.05, 3.63) is 12.7 Å². The minimum atomic E-state index is -2.18. The Labute approximate surface area is 157 Å². The van der Waals surface area contributed by atoms with Crippen LogP contribution in [0.5, 0.6) is 0 Å². The quantitative estimate of drug-likeness (QED) is 0.202. The smallest absolute Gasteiger partial charge is 0.330 e. The lowest BCUT2D eigenvalue weighted by molar-refractivity contribution is -0.140. The molecule has 0 fully saturated rings. The molecule has 0 aromatic heterocycles. The maximum atomic E-state index is 11.2. The summed E-state index contributed by atoms with van der Waals surface area (Å²) in [6, 6.07) is 0. The molecule has 1 unspecified atom stereocenters. The second kappa shape index (κ2) is 9.49. The van der Waals surface area contributed by atoms with Crippen LogP contribution in [-0.4, -0.2) is 46.0 Å². The van der Waals surface area contributed by atoms with Crippen molar-refractivity contribution in [3.8, 4) is 0 Å². The summed E-state index contributed by atoms with van der Waals surface area (Å²) in [5, 5.41) is -0.360. The van der Waals surface area contributed by atoms with Crippen molar-refractivity contribution in [3.63, 3.8) is 0 Å². The Balaban J connectivity index is 5.25. The Morgan fingerprint density at radius 2 is 1.52 bits per heavy atom. The van der Waals surface area contributed by atoms with Gasteiger partial charge < -0.3 is 13.9 Å². The zero-order valence-corrected chi connectivity index (χ0v) is 20.0. The van der Waals surface area contributed by atoms with Crippen LogP contribution in [0, 0.1) is 0 Å². The SMILES string of the molecule is C=CC(=O)OCCOC(C)(CC)[Si](C)(C)OC(CC)(CC)[Si](C)(C)C. The third-order valence-corrected chi connectivity index (χ3v) is 13.5. The van der Waals surface area contributed by atoms with E-state index in [-0.39, 0.29) is 17.1 Å². The van der Waals surface area contributed by atoms with Crippen LogP contribution in [0.25, 0.3) is 0 Å². The van der Waals surface area contributed by atoms with Crippen molar-refractivity contribution < 1.29 is 18.7 Å². The Bertz CT molecular complexity index is 439. The van der Waals surface area contributed by atoms with Gasteiger partial charge in [0.05, 0.1) is 19.9 Å². The van der Waals surface area contributed by atoms with Gasteiger partial charge in [0.1, 0.15) is 6.61 Å². The first-order valence-corrected chi connectivity index (χ1v) is 15.9. The molecule has 0 aromatic rings. The third-order valence-electron chi connectivity index (χ3n) is 5.82. The molecule has 25 heavy (non-hydrogen) atoms. The number of hydrogen-bond donors (Lipinski definition) is 0. The molecule has 0 heterocycles. The molecule has 0 aromatic carbocycles. The lowest BCUT2D eigenvalue weighted by Gasteiger charge is -2.52. The van der Waals surface area contributed by atoms with Crippen LogP contribution in [0.15, 0.2) is 12.7 Å². The average molecular weight is 389 g/mol. The number of esters is 1. The fraction of sp³-hybridized carbons (Fsp3) is 0.842. The summed E-state index contributed by atoms with van der Waals surface area (Å²) in [7, 11) is -3.70. The molecular formula is C19H40O4Si2. The van der Waals surface area contributed by atoms with Gasteiger partial charge in [-0.15, -0.1) is 0 Å². The minimum absolute atomic E-state index is 0.0299. The molecule has 0 radical (unpaired) electrons. The van der Waals surface area contributed by atoms with Crippen molar-refractivity contribution in [2.75, 3.05) is 13.2 Å². The van der Waals surface area contributed by atoms with E-state index >= 15 is 0 Å². The van der Waals surface area contributed by atoms with E-state index in [1.807, 2.05) is 0 Å². The van der Waals surface area contributed by atoms with E-state index in [0.29, 0.717) is 6.61 Å². The van der Waals surface area contributed by atoms with E-state index in [2.05, 4.69) is 67.0 Å². The first kappa shape index (κ1) is 24.6. The van der Waals surface area contributed by atoms with E-state index in [9.17, 15) is 4.79 Å². The maximum Gasteiger partial charge on any atom is 0.330 e. The summed E-state index contributed by atoms with van der Waals surface area (Å²) in [6.07, 6.45) is 4.11. The Kier molecular flexibility index (Phi) is 9.32. The topological polar surface area (TPSA) is 44.8 Å². The molecule has 0 rings (SSSR count). The summed E-state index contributed by atoms with van der Waals surface area (Å²) in [5.74, 6) is -0.413. The van der Waals surface area contributed by atoms with Gasteiger partial charge in [0.2, 0.25) is 8.32 Å². The van der Waals surface area contributed by atoms with Crippen molar-refractivity contribution in [2.24, 2.45) is 0 Å². The molecule has 0 amide bonds. The van der Waals surface area contributed by atoms with Crippen LogP contribution < -0.4 is 0 Å². The summed E-state index contributed by atoms with van der Waals surface area (Å²) in [6.45, 7) is 24.5. The van der Waals surface area contributed by atoms with Crippen molar-refractivity contribution in [1.82, 2.24) is 0 Å². The number of rotatable bonds is 12. The van der Waals surface area contributed by atoms with Gasteiger partial charge in [-0.1, -0.05) is 47.0 Å². The predicted octanol–water partition coefficient (Wildman–Crippen LogP) is 5.10. The molecule has 0 aliphatic rings. The number of carbonyl (C=O) groups excluding carboxylic acids is 1. The number of carbonyl (C=O) groups is 1. The van der Waals surface area contributed by atoms with Crippen LogP contribution in [0.1, 0.15) is 47.0 Å². The molecule has 0 spiro atoms. The second-order valence-electron chi connectivity index (χ2n) is 8.37. The maximum absolute atomic E-state index is 11.2. The second-order valence-corrected chi connectivity index (χ2v) is 18.1. The molecular weight excluding hydrogens is 348 g/mol. The molecule has 0 bridgehead atoms. The molecule has 1 atom stereocenters. The summed E-state index contributed by atoms with van der Waals surface area (Å²) < 4.78 is 18.3. The average Bonchev–Trinajstić information content (AvgIpc) is 2.54. The molecule has 0 N–H and O–H groups in total. The normalized spacial score (nSPS) is 15.6. The van der Waals surface area contributed by atoms with Crippen molar-refractivity contribution >= 4 is 22.4 Å². The molecule has 0 aliphatic carbocycles. The summed E-state index contributed by atoms with van der Waals surface area (Å²) in [4.78, 5) is 11.2. The zero-order chi connectivity index (χ0) is 19.9. The third kappa shape index (κ3) is 6.05. The largest absolute Gasteiger partial charge is 0.460 e. The highest BCUT2D eigenvalue weighted by atomic mass is 28.4. The van der Waals surface area contributed by atoms with Crippen molar-refractivity contribution in [1.29, 1.82) is 0 Å². The van der Waals surface area contributed by atoms with Crippen LogP contribution in [-0.2, 0) is 18.7 Å². The van der Waals surface area contributed by atoms with Gasteiger partial charge in [-0.25, -0.2) is 4.79 Å². The van der Waals surface area contributed by atoms with E-state index in [0.717, 1.165) is 19.3 Å². The van der Waals surface area contributed by atoms with Gasteiger partial charge in [-0.2, -0.15) is 0 Å². The molecule has 0 saturated carbocycles. The highest BCUT2D eigenvalue weighted by molar-refractivity contribution is 6.81. The lowest BCUT2D eigenvalue weighted by Crippen LogP contribution is -2.65. The molecule has 4 nitrogen and oxygen atoms in total. The number of hydrogen-bond acceptors (Lipinski definition) is 4. The summed E-state index contributed by atoms with van der Waals surface area (Å²) >= 11 is 0. The Morgan fingerprint density at radius 3 is 1.88 bits per heavy atom. The Hall–Kier alpha value is -0.436. The van der Waals surface area contributed by atoms with Gasteiger partial charge in [-0.3, -0.25) is 0 Å². The monoisotopic (exact) mass is 388 g/mol. The van der Waals surface area contributed by atoms with E-state index in [4.69, 9.17) is 13.9 Å². The van der Waals surface area contributed by atoms with E-state index in [1.165, 1.54) is 6.08 Å². The fourth-order valence-electron chi connectivity index (χ4n) is 3.37. The van der Waals surface area contributed by atoms with Crippen LogP contribution >= 0.6 is 0 Å². The van der Waals surface area contributed by atoms with Gasteiger partial charge in [-0.05, 0) is 39.3 Å². The standard InChI is InChI=1S/C19H40O4Si2/c1-11-17(20)21-15-16-22-18(5,12-2)25(9,10)23-19(13-3,14-4)24(6,7)8/h11H,1,12-16H2,2-10H3. The number of ether oxygens (including phenoxy) is 2. The van der Waals surface area contributed by atoms with E-state index in [1.54, 1.807) is 0 Å². The van der Waals surface area contributed by atoms with Gasteiger partial charge in [0, 0.05) is 11.3 Å². The highest BCUT2D eigenvalue weighted by Crippen LogP contribution is 2.39. The first-order chi connectivity index (χ1) is 11.3. The Morgan fingerprint density at radius 1 is 1.00 bits per heavy atom. The first-order valence-electron chi connectivity index (χ1n) is 9.48. The lowest BCUT2D eigenvalue weighted by atomic mass is 10.2. The van der Waals surface area contributed by atoms with Gasteiger partial charge >= 0.3 is 5.97 Å². The minimum Gasteiger partial charge on any atom is -0.460 e.